The van der Waals surface area contributed by atoms with Gasteiger partial charge in [0, 0.05) is 25.7 Å². The molecule has 4 heteroatoms. The van der Waals surface area contributed by atoms with Gasteiger partial charge in [-0.15, -0.1) is 0 Å². The van der Waals surface area contributed by atoms with E-state index in [1.54, 1.807) is 0 Å². The number of aliphatic hydroxyl groups excluding tert-OH is 1. The number of benzene rings is 1. The summed E-state index contributed by atoms with van der Waals surface area (Å²) in [6.45, 7) is 6.11. The molecule has 0 aliphatic heterocycles. The molecule has 0 aliphatic carbocycles. The summed E-state index contributed by atoms with van der Waals surface area (Å²) in [7, 11) is 1.92. The minimum atomic E-state index is 0.207. The lowest BCUT2D eigenvalue weighted by molar-refractivity contribution is 0.288. The number of rotatable bonds is 7. The fourth-order valence-corrected chi connectivity index (χ4v) is 2.31. The highest BCUT2D eigenvalue weighted by atomic mass is 35.5. The molecule has 0 amide bonds. The lowest BCUT2D eigenvalue weighted by Gasteiger charge is -2.30. The van der Waals surface area contributed by atoms with Crippen LogP contribution in [0.5, 0.6) is 0 Å². The summed E-state index contributed by atoms with van der Waals surface area (Å²) in [6.07, 6.45) is 0.757. The molecule has 18 heavy (non-hydrogen) atoms. The van der Waals surface area contributed by atoms with Crippen LogP contribution in [0.2, 0.25) is 5.02 Å². The molecule has 0 saturated carbocycles. The van der Waals surface area contributed by atoms with Gasteiger partial charge in [0.2, 0.25) is 0 Å². The van der Waals surface area contributed by atoms with Gasteiger partial charge in [-0.2, -0.15) is 0 Å². The molecule has 0 unspecified atom stereocenters. The highest BCUT2D eigenvalue weighted by molar-refractivity contribution is 6.33. The minimum absolute atomic E-state index is 0.207. The number of halogens is 1. The Bertz CT molecular complexity index is 369. The number of nitrogens with one attached hydrogen (secondary N) is 1. The summed E-state index contributed by atoms with van der Waals surface area (Å²) in [6, 6.07) is 6.52. The van der Waals surface area contributed by atoms with E-state index in [0.717, 1.165) is 30.2 Å². The number of hydrogen-bond donors (Lipinski definition) is 2. The normalized spacial score (nSPS) is 11.0. The van der Waals surface area contributed by atoms with Gasteiger partial charge in [-0.25, -0.2) is 0 Å². The summed E-state index contributed by atoms with van der Waals surface area (Å²) < 4.78 is 0. The number of anilines is 1. The molecule has 0 aliphatic rings. The third-order valence-electron chi connectivity index (χ3n) is 2.88. The molecular weight excluding hydrogens is 248 g/mol. The van der Waals surface area contributed by atoms with Gasteiger partial charge in [-0.05, 0) is 45.0 Å². The Labute approximate surface area is 115 Å². The van der Waals surface area contributed by atoms with Crippen LogP contribution in [0.15, 0.2) is 18.2 Å². The van der Waals surface area contributed by atoms with Crippen molar-refractivity contribution in [1.82, 2.24) is 5.32 Å². The van der Waals surface area contributed by atoms with E-state index in [2.05, 4.69) is 36.2 Å². The summed E-state index contributed by atoms with van der Waals surface area (Å²) >= 11 is 6.35. The van der Waals surface area contributed by atoms with Crippen molar-refractivity contribution in [2.75, 3.05) is 25.1 Å². The zero-order valence-corrected chi connectivity index (χ0v) is 12.2. The second kappa shape index (κ2) is 7.62. The van der Waals surface area contributed by atoms with Crippen LogP contribution in [0.3, 0.4) is 0 Å². The maximum Gasteiger partial charge on any atom is 0.0642 e. The van der Waals surface area contributed by atoms with Crippen LogP contribution in [0.4, 0.5) is 5.69 Å². The van der Waals surface area contributed by atoms with Crippen molar-refractivity contribution in [3.8, 4) is 0 Å². The Hall–Kier alpha value is -0.770. The van der Waals surface area contributed by atoms with Gasteiger partial charge in [-0.3, -0.25) is 0 Å². The van der Waals surface area contributed by atoms with Gasteiger partial charge in [0.05, 0.1) is 10.7 Å². The second-order valence-electron chi connectivity index (χ2n) is 4.68. The van der Waals surface area contributed by atoms with Gasteiger partial charge in [-0.1, -0.05) is 17.7 Å². The van der Waals surface area contributed by atoms with Crippen LogP contribution in [0, 0.1) is 0 Å². The quantitative estimate of drug-likeness (QED) is 0.800. The van der Waals surface area contributed by atoms with Crippen molar-refractivity contribution < 1.29 is 5.11 Å². The average molecular weight is 271 g/mol. The largest absolute Gasteiger partial charge is 0.396 e. The molecule has 3 nitrogen and oxygen atoms in total. The summed E-state index contributed by atoms with van der Waals surface area (Å²) in [4.78, 5) is 2.22. The fourth-order valence-electron chi connectivity index (χ4n) is 2.00. The molecule has 0 bridgehead atoms. The minimum Gasteiger partial charge on any atom is -0.396 e. The molecule has 1 rings (SSSR count). The zero-order chi connectivity index (χ0) is 13.5. The molecule has 0 spiro atoms. The molecule has 0 radical (unpaired) electrons. The van der Waals surface area contributed by atoms with Crippen LogP contribution in [-0.2, 0) is 6.54 Å². The average Bonchev–Trinajstić information content (AvgIpc) is 2.32. The lowest BCUT2D eigenvalue weighted by atomic mass is 10.1. The van der Waals surface area contributed by atoms with Gasteiger partial charge in [0.25, 0.3) is 0 Å². The molecular formula is C14H23ClN2O. The van der Waals surface area contributed by atoms with E-state index in [-0.39, 0.29) is 6.61 Å². The highest BCUT2D eigenvalue weighted by Crippen LogP contribution is 2.28. The van der Waals surface area contributed by atoms with Crippen LogP contribution in [-0.4, -0.2) is 31.3 Å². The maximum atomic E-state index is 8.96. The van der Waals surface area contributed by atoms with Crippen molar-refractivity contribution in [3.63, 3.8) is 0 Å². The SMILES string of the molecule is CNCc1ccc(N(CCCO)C(C)C)c(Cl)c1. The Morgan fingerprint density at radius 1 is 1.39 bits per heavy atom. The van der Waals surface area contributed by atoms with Gasteiger partial charge in [0.1, 0.15) is 0 Å². The van der Waals surface area contributed by atoms with Gasteiger partial charge >= 0.3 is 0 Å². The van der Waals surface area contributed by atoms with Crippen molar-refractivity contribution in [1.29, 1.82) is 0 Å². The Kier molecular flexibility index (Phi) is 6.47. The first-order valence-corrected chi connectivity index (χ1v) is 6.78. The molecule has 0 atom stereocenters. The Balaban J connectivity index is 2.90. The summed E-state index contributed by atoms with van der Waals surface area (Å²) in [5.74, 6) is 0. The molecule has 102 valence electrons. The molecule has 2 N–H and O–H groups in total. The van der Waals surface area contributed by atoms with Crippen molar-refractivity contribution in [2.24, 2.45) is 0 Å². The first kappa shape index (κ1) is 15.3. The number of aliphatic hydroxyl groups is 1. The van der Waals surface area contributed by atoms with E-state index in [9.17, 15) is 0 Å². The topological polar surface area (TPSA) is 35.5 Å². The van der Waals surface area contributed by atoms with E-state index in [4.69, 9.17) is 16.7 Å². The van der Waals surface area contributed by atoms with Crippen LogP contribution in [0.25, 0.3) is 0 Å². The standard InChI is InChI=1S/C14H23ClN2O/c1-11(2)17(7-4-8-18)14-6-5-12(10-16-3)9-13(14)15/h5-6,9,11,16,18H,4,7-8,10H2,1-3H3. The van der Waals surface area contributed by atoms with Crippen LogP contribution in [0.1, 0.15) is 25.8 Å². The number of hydrogen-bond acceptors (Lipinski definition) is 3. The van der Waals surface area contributed by atoms with Crippen molar-refractivity contribution in [2.45, 2.75) is 32.9 Å². The second-order valence-corrected chi connectivity index (χ2v) is 5.09. The molecule has 1 aromatic carbocycles. The summed E-state index contributed by atoms with van der Waals surface area (Å²) in [5.41, 5.74) is 2.22. The lowest BCUT2D eigenvalue weighted by Crippen LogP contribution is -2.32. The maximum absolute atomic E-state index is 8.96. The molecule has 0 aromatic heterocycles. The highest BCUT2D eigenvalue weighted by Gasteiger charge is 2.13. The van der Waals surface area contributed by atoms with Gasteiger partial charge in [0.15, 0.2) is 0 Å². The fraction of sp³-hybridized carbons (Fsp3) is 0.571. The Morgan fingerprint density at radius 3 is 2.61 bits per heavy atom. The van der Waals surface area contributed by atoms with E-state index in [0.29, 0.717) is 6.04 Å². The molecule has 0 saturated heterocycles. The third kappa shape index (κ3) is 4.16. The van der Waals surface area contributed by atoms with Gasteiger partial charge < -0.3 is 15.3 Å². The zero-order valence-electron chi connectivity index (χ0n) is 11.4. The predicted octanol–water partition coefficient (Wildman–Crippen LogP) is 2.66. The van der Waals surface area contributed by atoms with Crippen molar-refractivity contribution in [3.05, 3.63) is 28.8 Å². The third-order valence-corrected chi connectivity index (χ3v) is 3.19. The molecule has 1 aromatic rings. The van der Waals surface area contributed by atoms with Crippen LogP contribution >= 0.6 is 11.6 Å². The first-order chi connectivity index (χ1) is 8.60. The van der Waals surface area contributed by atoms with E-state index in [1.165, 1.54) is 5.56 Å². The Morgan fingerprint density at radius 2 is 2.11 bits per heavy atom. The number of nitrogens with zero attached hydrogens (tertiary/aromatic N) is 1. The first-order valence-electron chi connectivity index (χ1n) is 6.40. The van der Waals surface area contributed by atoms with E-state index >= 15 is 0 Å². The molecule has 0 heterocycles. The predicted molar refractivity (Wildman–Crippen MR) is 78.4 cm³/mol. The summed E-state index contributed by atoms with van der Waals surface area (Å²) in [5, 5.41) is 12.8. The monoisotopic (exact) mass is 270 g/mol. The van der Waals surface area contributed by atoms with Crippen LogP contribution < -0.4 is 10.2 Å². The smallest absolute Gasteiger partial charge is 0.0642 e. The van der Waals surface area contributed by atoms with Crippen molar-refractivity contribution >= 4 is 17.3 Å². The molecule has 0 fully saturated rings. The van der Waals surface area contributed by atoms with E-state index in [1.807, 2.05) is 13.1 Å². The van der Waals surface area contributed by atoms with E-state index < -0.39 is 0 Å².